The molecule has 2 aromatic heterocycles. The van der Waals surface area contributed by atoms with Crippen molar-refractivity contribution in [3.8, 4) is 0 Å². The Hall–Kier alpha value is -1.42. The fourth-order valence-corrected chi connectivity index (χ4v) is 4.29. The number of hydrogen-bond acceptors (Lipinski definition) is 3. The molecule has 0 amide bonds. The molecule has 1 aliphatic heterocycles. The average molecular weight is 298 g/mol. The Bertz CT molecular complexity index is 642. The third-order valence-electron chi connectivity index (χ3n) is 5.50. The number of hydrogen-bond donors (Lipinski definition) is 0. The van der Waals surface area contributed by atoms with Crippen LogP contribution >= 0.6 is 0 Å². The van der Waals surface area contributed by atoms with Crippen molar-refractivity contribution in [3.05, 3.63) is 24.2 Å². The summed E-state index contributed by atoms with van der Waals surface area (Å²) in [7, 11) is 0. The van der Waals surface area contributed by atoms with E-state index in [9.17, 15) is 0 Å². The second-order valence-corrected chi connectivity index (χ2v) is 6.93. The third-order valence-corrected chi connectivity index (χ3v) is 5.50. The highest BCUT2D eigenvalue weighted by Crippen LogP contribution is 2.34. The number of nitrogens with zero attached hydrogens (tertiary/aromatic N) is 4. The van der Waals surface area contributed by atoms with Crippen LogP contribution in [-0.2, 0) is 6.42 Å². The fraction of sp³-hybridized carbons (Fsp3) is 0.667. The molecular weight excluding hydrogens is 272 g/mol. The lowest BCUT2D eigenvalue weighted by Crippen LogP contribution is -2.21. The molecule has 1 atom stereocenters. The van der Waals surface area contributed by atoms with Crippen LogP contribution in [0.5, 0.6) is 0 Å². The van der Waals surface area contributed by atoms with E-state index < -0.39 is 0 Å². The van der Waals surface area contributed by atoms with E-state index in [0.717, 1.165) is 23.5 Å². The molecule has 1 unspecified atom stereocenters. The summed E-state index contributed by atoms with van der Waals surface area (Å²) in [5.41, 5.74) is 2.18. The van der Waals surface area contributed by atoms with Crippen LogP contribution in [0.3, 0.4) is 0 Å². The Balaban J connectivity index is 1.65. The van der Waals surface area contributed by atoms with E-state index in [2.05, 4.69) is 27.4 Å². The molecule has 0 aromatic carbocycles. The van der Waals surface area contributed by atoms with Crippen molar-refractivity contribution < 1.29 is 0 Å². The van der Waals surface area contributed by atoms with Crippen molar-refractivity contribution in [1.29, 1.82) is 0 Å². The van der Waals surface area contributed by atoms with Crippen LogP contribution in [0, 0.1) is 5.92 Å². The maximum Gasteiger partial charge on any atom is 0.160 e. The zero-order chi connectivity index (χ0) is 14.9. The first-order valence-corrected chi connectivity index (χ1v) is 8.89. The number of fused-ring (bicyclic) bond motifs is 1. The number of imidazole rings is 1. The first-order chi connectivity index (χ1) is 10.8. The Morgan fingerprint density at radius 2 is 2.09 bits per heavy atom. The third kappa shape index (κ3) is 2.54. The molecule has 1 aliphatic carbocycles. The minimum atomic E-state index is 0.624. The second-order valence-electron chi connectivity index (χ2n) is 6.93. The zero-order valence-corrected chi connectivity index (χ0v) is 13.5. The van der Waals surface area contributed by atoms with Crippen molar-refractivity contribution in [2.24, 2.45) is 5.92 Å². The fourth-order valence-electron chi connectivity index (χ4n) is 4.29. The highest BCUT2D eigenvalue weighted by molar-refractivity contribution is 5.71. The Kier molecular flexibility index (Phi) is 3.87. The minimum Gasteiger partial charge on any atom is -0.310 e. The van der Waals surface area contributed by atoms with Crippen molar-refractivity contribution in [2.45, 2.75) is 51.5 Å². The lowest BCUT2D eigenvalue weighted by Gasteiger charge is -2.18. The first kappa shape index (κ1) is 14.2. The van der Waals surface area contributed by atoms with Crippen LogP contribution in [0.2, 0.25) is 0 Å². The van der Waals surface area contributed by atoms with Gasteiger partial charge in [-0.25, -0.2) is 9.97 Å². The van der Waals surface area contributed by atoms with Gasteiger partial charge in [0.1, 0.15) is 11.3 Å². The van der Waals surface area contributed by atoms with Gasteiger partial charge in [-0.1, -0.05) is 19.8 Å². The lowest BCUT2D eigenvalue weighted by molar-refractivity contribution is 0.339. The summed E-state index contributed by atoms with van der Waals surface area (Å²) >= 11 is 0. The SMILES string of the molecule is CCN1CCC(Cc2nc3cccnc3n2C2CCCC2)C1. The summed E-state index contributed by atoms with van der Waals surface area (Å²) in [4.78, 5) is 12.2. The number of aromatic nitrogens is 3. The Morgan fingerprint density at radius 1 is 1.23 bits per heavy atom. The highest BCUT2D eigenvalue weighted by atomic mass is 15.2. The van der Waals surface area contributed by atoms with Gasteiger partial charge in [-0.15, -0.1) is 0 Å². The normalized spacial score (nSPS) is 23.8. The zero-order valence-electron chi connectivity index (χ0n) is 13.5. The van der Waals surface area contributed by atoms with Gasteiger partial charge in [0.2, 0.25) is 0 Å². The first-order valence-electron chi connectivity index (χ1n) is 8.89. The summed E-state index contributed by atoms with van der Waals surface area (Å²) in [6.07, 6.45) is 9.63. The van der Waals surface area contributed by atoms with Gasteiger partial charge in [0.05, 0.1) is 0 Å². The Morgan fingerprint density at radius 3 is 2.86 bits per heavy atom. The van der Waals surface area contributed by atoms with E-state index in [1.54, 1.807) is 0 Å². The minimum absolute atomic E-state index is 0.624. The predicted molar refractivity (Wildman–Crippen MR) is 89.0 cm³/mol. The molecule has 2 fully saturated rings. The predicted octanol–water partition coefficient (Wildman–Crippen LogP) is 3.43. The molecule has 1 saturated heterocycles. The van der Waals surface area contributed by atoms with Crippen LogP contribution in [0.25, 0.3) is 11.2 Å². The van der Waals surface area contributed by atoms with Crippen molar-refractivity contribution >= 4 is 11.2 Å². The molecule has 4 heteroatoms. The molecule has 22 heavy (non-hydrogen) atoms. The molecule has 118 valence electrons. The van der Waals surface area contributed by atoms with Crippen LogP contribution in [0.4, 0.5) is 0 Å². The van der Waals surface area contributed by atoms with E-state index in [4.69, 9.17) is 4.98 Å². The lowest BCUT2D eigenvalue weighted by atomic mass is 10.0. The van der Waals surface area contributed by atoms with Crippen LogP contribution in [0.1, 0.15) is 50.9 Å². The van der Waals surface area contributed by atoms with Gasteiger partial charge < -0.3 is 9.47 Å². The largest absolute Gasteiger partial charge is 0.310 e. The van der Waals surface area contributed by atoms with Gasteiger partial charge in [0, 0.05) is 25.2 Å². The van der Waals surface area contributed by atoms with Gasteiger partial charge in [-0.05, 0) is 50.4 Å². The Labute approximate surface area is 132 Å². The summed E-state index contributed by atoms with van der Waals surface area (Å²) in [6, 6.07) is 4.75. The summed E-state index contributed by atoms with van der Waals surface area (Å²) in [6.45, 7) is 5.93. The molecule has 0 N–H and O–H groups in total. The summed E-state index contributed by atoms with van der Waals surface area (Å²) in [5.74, 6) is 2.04. The highest BCUT2D eigenvalue weighted by Gasteiger charge is 2.27. The van der Waals surface area contributed by atoms with Crippen molar-refractivity contribution in [2.75, 3.05) is 19.6 Å². The molecular formula is C18H26N4. The molecule has 3 heterocycles. The van der Waals surface area contributed by atoms with E-state index in [1.807, 2.05) is 12.3 Å². The van der Waals surface area contributed by atoms with E-state index in [0.29, 0.717) is 6.04 Å². The smallest absolute Gasteiger partial charge is 0.160 e. The average Bonchev–Trinajstić information content (AvgIpc) is 3.25. The molecule has 1 saturated carbocycles. The van der Waals surface area contributed by atoms with Crippen LogP contribution in [0.15, 0.2) is 18.3 Å². The van der Waals surface area contributed by atoms with Gasteiger partial charge in [0.25, 0.3) is 0 Å². The van der Waals surface area contributed by atoms with Gasteiger partial charge in [0.15, 0.2) is 5.65 Å². The topological polar surface area (TPSA) is 34.0 Å². The molecule has 2 aromatic rings. The molecule has 2 aliphatic rings. The number of likely N-dealkylation sites (tertiary alicyclic amines) is 1. The second kappa shape index (κ2) is 5.99. The number of rotatable bonds is 4. The maximum absolute atomic E-state index is 4.95. The summed E-state index contributed by atoms with van der Waals surface area (Å²) in [5, 5.41) is 0. The van der Waals surface area contributed by atoms with Gasteiger partial charge in [-0.2, -0.15) is 0 Å². The molecule has 0 spiro atoms. The maximum atomic E-state index is 4.95. The monoisotopic (exact) mass is 298 g/mol. The van der Waals surface area contributed by atoms with Crippen molar-refractivity contribution in [3.63, 3.8) is 0 Å². The standard InChI is InChI=1S/C18H26N4/c1-2-21-11-9-14(13-21)12-17-20-16-8-5-10-19-18(16)22(17)15-6-3-4-7-15/h5,8,10,14-15H,2-4,6-7,9,11-13H2,1H3. The van der Waals surface area contributed by atoms with Crippen LogP contribution < -0.4 is 0 Å². The van der Waals surface area contributed by atoms with E-state index in [-0.39, 0.29) is 0 Å². The molecule has 4 nitrogen and oxygen atoms in total. The van der Waals surface area contributed by atoms with Crippen LogP contribution in [-0.4, -0.2) is 39.1 Å². The summed E-state index contributed by atoms with van der Waals surface area (Å²) < 4.78 is 2.48. The quantitative estimate of drug-likeness (QED) is 0.867. The number of pyridine rings is 1. The molecule has 0 bridgehead atoms. The molecule has 4 rings (SSSR count). The van der Waals surface area contributed by atoms with E-state index >= 15 is 0 Å². The van der Waals surface area contributed by atoms with Gasteiger partial charge >= 0.3 is 0 Å². The van der Waals surface area contributed by atoms with Crippen molar-refractivity contribution in [1.82, 2.24) is 19.4 Å². The van der Waals surface area contributed by atoms with E-state index in [1.165, 1.54) is 57.6 Å². The van der Waals surface area contributed by atoms with Gasteiger partial charge in [-0.3, -0.25) is 0 Å². The molecule has 0 radical (unpaired) electrons.